The van der Waals surface area contributed by atoms with Crippen molar-refractivity contribution in [1.82, 2.24) is 0 Å². The third-order valence-electron chi connectivity index (χ3n) is 3.26. The van der Waals surface area contributed by atoms with Gasteiger partial charge in [-0.3, -0.25) is 0 Å². The third kappa shape index (κ3) is 5.50. The van der Waals surface area contributed by atoms with Crippen LogP contribution in [0.1, 0.15) is 63.2 Å². The molecule has 1 aromatic rings. The first-order valence-corrected chi connectivity index (χ1v) is 7.17. The Labute approximate surface area is 112 Å². The van der Waals surface area contributed by atoms with Crippen LogP contribution in [0.3, 0.4) is 0 Å². The summed E-state index contributed by atoms with van der Waals surface area (Å²) in [6.07, 6.45) is 11.0. The zero-order valence-corrected chi connectivity index (χ0v) is 11.7. The molecule has 0 fully saturated rings. The number of benzene rings is 1. The quantitative estimate of drug-likeness (QED) is 0.515. The van der Waals surface area contributed by atoms with Gasteiger partial charge in [-0.25, -0.2) is 0 Å². The first-order chi connectivity index (χ1) is 8.77. The van der Waals surface area contributed by atoms with E-state index in [1.54, 1.807) is 6.08 Å². The second kappa shape index (κ2) is 8.93. The summed E-state index contributed by atoms with van der Waals surface area (Å²) in [4.78, 5) is 0. The first kappa shape index (κ1) is 15.0. The second-order valence-electron chi connectivity index (χ2n) is 4.88. The van der Waals surface area contributed by atoms with Gasteiger partial charge in [0, 0.05) is 0 Å². The van der Waals surface area contributed by atoms with Crippen LogP contribution >= 0.6 is 0 Å². The molecule has 0 saturated carbocycles. The lowest BCUT2D eigenvalue weighted by molar-refractivity contribution is 0.228. The lowest BCUT2D eigenvalue weighted by atomic mass is 10.0. The molecule has 100 valence electrons. The zero-order valence-electron chi connectivity index (χ0n) is 11.7. The molecule has 0 unspecified atom stereocenters. The van der Waals surface area contributed by atoms with Gasteiger partial charge in [-0.15, -0.1) is 0 Å². The zero-order chi connectivity index (χ0) is 13.2. The molecule has 0 spiro atoms. The predicted octanol–water partition coefficient (Wildman–Crippen LogP) is 4.81. The van der Waals surface area contributed by atoms with E-state index >= 15 is 0 Å². The van der Waals surface area contributed by atoms with Gasteiger partial charge in [0.1, 0.15) is 0 Å². The Balaban J connectivity index is 2.36. The van der Waals surface area contributed by atoms with Crippen molar-refractivity contribution in [2.45, 2.75) is 58.5 Å². The number of hydrogen-bond donors (Lipinski definition) is 1. The van der Waals surface area contributed by atoms with E-state index < -0.39 is 6.10 Å². The van der Waals surface area contributed by atoms with Gasteiger partial charge >= 0.3 is 0 Å². The molecule has 1 N–H and O–H groups in total. The van der Waals surface area contributed by atoms with Crippen LogP contribution < -0.4 is 0 Å². The number of unbranched alkanes of at least 4 members (excludes halogenated alkanes) is 4. The number of rotatable bonds is 8. The van der Waals surface area contributed by atoms with Crippen molar-refractivity contribution in [3.63, 3.8) is 0 Å². The molecular weight excluding hydrogens is 220 g/mol. The average Bonchev–Trinajstić information content (AvgIpc) is 2.39. The summed E-state index contributed by atoms with van der Waals surface area (Å²) in [6.45, 7) is 4.17. The van der Waals surface area contributed by atoms with Crippen LogP contribution in [0.4, 0.5) is 0 Å². The average molecular weight is 246 g/mol. The SMILES string of the molecule is C/C=C/[C@@H](O)c1ccc(CCCCCCC)cc1. The maximum absolute atomic E-state index is 9.80. The summed E-state index contributed by atoms with van der Waals surface area (Å²) >= 11 is 0. The van der Waals surface area contributed by atoms with Crippen LogP contribution in [0.2, 0.25) is 0 Å². The summed E-state index contributed by atoms with van der Waals surface area (Å²) in [5.74, 6) is 0. The highest BCUT2D eigenvalue weighted by Gasteiger charge is 2.02. The van der Waals surface area contributed by atoms with Crippen LogP contribution in [0, 0.1) is 0 Å². The lowest BCUT2D eigenvalue weighted by Gasteiger charge is -2.07. The third-order valence-corrected chi connectivity index (χ3v) is 3.26. The van der Waals surface area contributed by atoms with Gasteiger partial charge in [-0.1, -0.05) is 69.0 Å². The molecular formula is C17H26O. The normalized spacial score (nSPS) is 13.1. The van der Waals surface area contributed by atoms with Crippen molar-refractivity contribution in [2.75, 3.05) is 0 Å². The summed E-state index contributed by atoms with van der Waals surface area (Å²) in [6, 6.07) is 8.35. The molecule has 18 heavy (non-hydrogen) atoms. The number of aliphatic hydroxyl groups is 1. The molecule has 1 rings (SSSR count). The van der Waals surface area contributed by atoms with Gasteiger partial charge in [0.25, 0.3) is 0 Å². The molecule has 0 amide bonds. The fourth-order valence-corrected chi connectivity index (χ4v) is 2.11. The van der Waals surface area contributed by atoms with E-state index in [9.17, 15) is 5.11 Å². The van der Waals surface area contributed by atoms with Crippen molar-refractivity contribution in [2.24, 2.45) is 0 Å². The number of aliphatic hydroxyl groups excluding tert-OH is 1. The van der Waals surface area contributed by atoms with Crippen LogP contribution in [0.5, 0.6) is 0 Å². The second-order valence-corrected chi connectivity index (χ2v) is 4.88. The van der Waals surface area contributed by atoms with Gasteiger partial charge in [-0.05, 0) is 30.9 Å². The van der Waals surface area contributed by atoms with Crippen molar-refractivity contribution in [1.29, 1.82) is 0 Å². The number of hydrogen-bond acceptors (Lipinski definition) is 1. The summed E-state index contributed by atoms with van der Waals surface area (Å²) in [7, 11) is 0. The molecule has 0 aromatic heterocycles. The molecule has 1 atom stereocenters. The Morgan fingerprint density at radius 2 is 1.72 bits per heavy atom. The molecule has 0 radical (unpaired) electrons. The van der Waals surface area contributed by atoms with E-state index in [1.165, 1.54) is 37.7 Å². The highest BCUT2D eigenvalue weighted by atomic mass is 16.3. The number of allylic oxidation sites excluding steroid dienone is 1. The van der Waals surface area contributed by atoms with Crippen molar-refractivity contribution < 1.29 is 5.11 Å². The van der Waals surface area contributed by atoms with Gasteiger partial charge < -0.3 is 5.11 Å². The Morgan fingerprint density at radius 3 is 2.33 bits per heavy atom. The van der Waals surface area contributed by atoms with E-state index in [2.05, 4.69) is 19.1 Å². The Hall–Kier alpha value is -1.08. The minimum atomic E-state index is -0.464. The molecule has 0 bridgehead atoms. The Morgan fingerprint density at radius 1 is 1.06 bits per heavy atom. The molecule has 1 aromatic carbocycles. The number of aryl methyl sites for hydroxylation is 1. The molecule has 1 nitrogen and oxygen atoms in total. The Kier molecular flexibility index (Phi) is 7.43. The van der Waals surface area contributed by atoms with Crippen molar-refractivity contribution in [3.05, 3.63) is 47.5 Å². The Bertz CT molecular complexity index is 337. The molecule has 0 saturated heterocycles. The van der Waals surface area contributed by atoms with Crippen LogP contribution in [0.25, 0.3) is 0 Å². The van der Waals surface area contributed by atoms with Gasteiger partial charge in [0.05, 0.1) is 6.10 Å². The largest absolute Gasteiger partial charge is 0.384 e. The minimum Gasteiger partial charge on any atom is -0.384 e. The maximum atomic E-state index is 9.80. The van der Waals surface area contributed by atoms with Gasteiger partial charge in [0.2, 0.25) is 0 Å². The van der Waals surface area contributed by atoms with Crippen LogP contribution in [-0.4, -0.2) is 5.11 Å². The summed E-state index contributed by atoms with van der Waals surface area (Å²) in [5, 5.41) is 9.80. The topological polar surface area (TPSA) is 20.2 Å². The highest BCUT2D eigenvalue weighted by Crippen LogP contribution is 2.16. The van der Waals surface area contributed by atoms with E-state index in [0.29, 0.717) is 0 Å². The molecule has 0 heterocycles. The monoisotopic (exact) mass is 246 g/mol. The van der Waals surface area contributed by atoms with Crippen molar-refractivity contribution >= 4 is 0 Å². The van der Waals surface area contributed by atoms with E-state index in [4.69, 9.17) is 0 Å². The standard InChI is InChI=1S/C17H26O/c1-3-5-6-7-8-10-15-11-13-16(14-12-15)17(18)9-4-2/h4,9,11-14,17-18H,3,5-8,10H2,1-2H3/b9-4+/t17-/m1/s1. The van der Waals surface area contributed by atoms with Gasteiger partial charge in [-0.2, -0.15) is 0 Å². The molecule has 1 heteroatoms. The van der Waals surface area contributed by atoms with Crippen LogP contribution in [-0.2, 0) is 6.42 Å². The lowest BCUT2D eigenvalue weighted by Crippen LogP contribution is -1.93. The van der Waals surface area contributed by atoms with Crippen LogP contribution in [0.15, 0.2) is 36.4 Å². The van der Waals surface area contributed by atoms with E-state index in [0.717, 1.165) is 12.0 Å². The summed E-state index contributed by atoms with van der Waals surface area (Å²) in [5.41, 5.74) is 2.35. The fraction of sp³-hybridized carbons (Fsp3) is 0.529. The molecule has 0 aliphatic heterocycles. The first-order valence-electron chi connectivity index (χ1n) is 7.17. The summed E-state index contributed by atoms with van der Waals surface area (Å²) < 4.78 is 0. The highest BCUT2D eigenvalue weighted by molar-refractivity contribution is 5.26. The smallest absolute Gasteiger partial charge is 0.0971 e. The van der Waals surface area contributed by atoms with Crippen molar-refractivity contribution in [3.8, 4) is 0 Å². The van der Waals surface area contributed by atoms with Gasteiger partial charge in [0.15, 0.2) is 0 Å². The fourth-order valence-electron chi connectivity index (χ4n) is 2.11. The maximum Gasteiger partial charge on any atom is 0.0971 e. The minimum absolute atomic E-state index is 0.464. The molecule has 0 aliphatic carbocycles. The van der Waals surface area contributed by atoms with E-state index in [-0.39, 0.29) is 0 Å². The predicted molar refractivity (Wildman–Crippen MR) is 78.7 cm³/mol. The molecule has 0 aliphatic rings. The van der Waals surface area contributed by atoms with E-state index in [1.807, 2.05) is 25.1 Å².